The van der Waals surface area contributed by atoms with E-state index < -0.39 is 10.0 Å². The molecule has 0 aliphatic carbocycles. The molecule has 1 heterocycles. The fourth-order valence-electron chi connectivity index (χ4n) is 4.26. The number of hydrogen-bond acceptors (Lipinski definition) is 4. The molecule has 1 aliphatic heterocycles. The zero-order valence-electron chi connectivity index (χ0n) is 19.4. The van der Waals surface area contributed by atoms with Crippen molar-refractivity contribution >= 4 is 15.9 Å². The Balaban J connectivity index is 1.34. The number of nitrogens with zero attached hydrogens (tertiary/aromatic N) is 1. The van der Waals surface area contributed by atoms with Crippen LogP contribution in [0.25, 0.3) is 0 Å². The maximum absolute atomic E-state index is 12.9. The van der Waals surface area contributed by atoms with E-state index in [1.807, 2.05) is 36.4 Å². The van der Waals surface area contributed by atoms with Gasteiger partial charge in [0.1, 0.15) is 0 Å². The van der Waals surface area contributed by atoms with Crippen LogP contribution < -0.4 is 10.0 Å². The Bertz CT molecular complexity index is 1190. The summed E-state index contributed by atoms with van der Waals surface area (Å²) in [6.45, 7) is 4.54. The number of carbonyl (C=O) groups is 1. The zero-order chi connectivity index (χ0) is 24.0. The van der Waals surface area contributed by atoms with Gasteiger partial charge >= 0.3 is 0 Å². The molecule has 2 N–H and O–H groups in total. The monoisotopic (exact) mass is 477 g/mol. The highest BCUT2D eigenvalue weighted by molar-refractivity contribution is 7.89. The largest absolute Gasteiger partial charge is 0.349 e. The Hall–Kier alpha value is -3.00. The molecule has 4 rings (SSSR count). The Labute approximate surface area is 202 Å². The maximum atomic E-state index is 12.9. The molecule has 7 heteroatoms. The summed E-state index contributed by atoms with van der Waals surface area (Å²) in [5.74, 6) is -0.241. The summed E-state index contributed by atoms with van der Waals surface area (Å²) in [4.78, 5) is 15.3. The molecule has 1 amide bonds. The van der Waals surface area contributed by atoms with Crippen LogP contribution in [-0.4, -0.2) is 38.4 Å². The number of benzene rings is 3. The molecule has 0 bridgehead atoms. The lowest BCUT2D eigenvalue weighted by Crippen LogP contribution is -2.44. The molecular weight excluding hydrogens is 446 g/mol. The van der Waals surface area contributed by atoms with E-state index in [9.17, 15) is 13.2 Å². The van der Waals surface area contributed by atoms with E-state index in [4.69, 9.17) is 0 Å². The summed E-state index contributed by atoms with van der Waals surface area (Å²) in [5.41, 5.74) is 2.51. The van der Waals surface area contributed by atoms with Crippen LogP contribution in [0.5, 0.6) is 0 Å². The fourth-order valence-corrected chi connectivity index (χ4v) is 5.54. The number of carbonyl (C=O) groups excluding carboxylic acids is 1. The highest BCUT2D eigenvalue weighted by atomic mass is 32.2. The number of hydrogen-bond donors (Lipinski definition) is 2. The van der Waals surface area contributed by atoms with E-state index in [1.165, 1.54) is 17.7 Å². The SMILES string of the molecule is C[C@@H](NS(=O)(=O)c1cccc(C(=O)NC2CCN(Cc3ccccc3)CC2)c1)c1ccccc1. The second-order valence-electron chi connectivity index (χ2n) is 8.79. The minimum atomic E-state index is -3.77. The summed E-state index contributed by atoms with van der Waals surface area (Å²) >= 11 is 0. The Morgan fingerprint density at radius 1 is 0.941 bits per heavy atom. The molecule has 0 saturated carbocycles. The van der Waals surface area contributed by atoms with Crippen LogP contribution in [-0.2, 0) is 16.6 Å². The van der Waals surface area contributed by atoms with Crippen LogP contribution in [0, 0.1) is 0 Å². The molecule has 1 aliphatic rings. The molecule has 0 unspecified atom stereocenters. The number of rotatable bonds is 8. The van der Waals surface area contributed by atoms with Crippen molar-refractivity contribution in [2.75, 3.05) is 13.1 Å². The van der Waals surface area contributed by atoms with Gasteiger partial charge in [0.15, 0.2) is 0 Å². The number of sulfonamides is 1. The molecule has 34 heavy (non-hydrogen) atoms. The van der Waals surface area contributed by atoms with Gasteiger partial charge in [-0.2, -0.15) is 0 Å². The molecule has 1 saturated heterocycles. The summed E-state index contributed by atoms with van der Waals surface area (Å²) in [5, 5.41) is 3.08. The summed E-state index contributed by atoms with van der Waals surface area (Å²) in [6.07, 6.45) is 1.74. The van der Waals surface area contributed by atoms with Crippen molar-refractivity contribution in [2.45, 2.75) is 43.3 Å². The number of nitrogens with one attached hydrogen (secondary N) is 2. The topological polar surface area (TPSA) is 78.5 Å². The third-order valence-corrected chi connectivity index (χ3v) is 7.75. The van der Waals surface area contributed by atoms with Gasteiger partial charge in [0.2, 0.25) is 10.0 Å². The van der Waals surface area contributed by atoms with Gasteiger partial charge in [0.05, 0.1) is 4.90 Å². The van der Waals surface area contributed by atoms with Crippen LogP contribution in [0.4, 0.5) is 0 Å². The summed E-state index contributed by atoms with van der Waals surface area (Å²) in [7, 11) is -3.77. The molecule has 0 spiro atoms. The lowest BCUT2D eigenvalue weighted by atomic mass is 10.0. The molecule has 1 atom stereocenters. The van der Waals surface area contributed by atoms with E-state index in [2.05, 4.69) is 39.2 Å². The highest BCUT2D eigenvalue weighted by Gasteiger charge is 2.23. The van der Waals surface area contributed by atoms with Gasteiger partial charge in [-0.25, -0.2) is 13.1 Å². The Kier molecular flexibility index (Phi) is 7.77. The number of likely N-dealkylation sites (tertiary alicyclic amines) is 1. The third kappa shape index (κ3) is 6.32. The van der Waals surface area contributed by atoms with Crippen molar-refractivity contribution in [3.05, 3.63) is 102 Å². The van der Waals surface area contributed by atoms with Gasteiger partial charge in [-0.05, 0) is 49.1 Å². The van der Waals surface area contributed by atoms with Crippen LogP contribution in [0.2, 0.25) is 0 Å². The Morgan fingerprint density at radius 3 is 2.26 bits per heavy atom. The fraction of sp³-hybridized carbons (Fsp3) is 0.296. The minimum Gasteiger partial charge on any atom is -0.349 e. The van der Waals surface area contributed by atoms with Gasteiger partial charge in [-0.3, -0.25) is 9.69 Å². The standard InChI is InChI=1S/C27H31N3O3S/c1-21(23-11-6-3-7-12-23)29-34(32,33)26-14-8-13-24(19-26)27(31)28-25-15-17-30(18-16-25)20-22-9-4-2-5-10-22/h2-14,19,21,25,29H,15-18,20H2,1H3,(H,28,31)/t21-/m1/s1. The van der Waals surface area contributed by atoms with E-state index in [0.29, 0.717) is 5.56 Å². The average Bonchev–Trinajstić information content (AvgIpc) is 2.86. The quantitative estimate of drug-likeness (QED) is 0.512. The molecule has 1 fully saturated rings. The number of amides is 1. The zero-order valence-corrected chi connectivity index (χ0v) is 20.2. The van der Waals surface area contributed by atoms with Gasteiger partial charge in [0, 0.05) is 37.3 Å². The third-order valence-electron chi connectivity index (χ3n) is 6.21. The number of piperidine rings is 1. The van der Waals surface area contributed by atoms with Crippen molar-refractivity contribution in [3.8, 4) is 0 Å². The first-order valence-electron chi connectivity index (χ1n) is 11.7. The first-order valence-corrected chi connectivity index (χ1v) is 13.1. The summed E-state index contributed by atoms with van der Waals surface area (Å²) < 4.78 is 28.5. The molecule has 178 valence electrons. The second-order valence-corrected chi connectivity index (χ2v) is 10.5. The molecular formula is C27H31N3O3S. The van der Waals surface area contributed by atoms with Crippen molar-refractivity contribution in [3.63, 3.8) is 0 Å². The predicted octanol–water partition coefficient (Wildman–Crippen LogP) is 4.12. The lowest BCUT2D eigenvalue weighted by Gasteiger charge is -2.32. The Morgan fingerprint density at radius 2 is 1.59 bits per heavy atom. The lowest BCUT2D eigenvalue weighted by molar-refractivity contribution is 0.0908. The van der Waals surface area contributed by atoms with E-state index in [-0.39, 0.29) is 22.9 Å². The molecule has 0 aromatic heterocycles. The highest BCUT2D eigenvalue weighted by Crippen LogP contribution is 2.19. The first kappa shape index (κ1) is 24.1. The van der Waals surface area contributed by atoms with Gasteiger partial charge in [-0.1, -0.05) is 66.7 Å². The molecule has 0 radical (unpaired) electrons. The van der Waals surface area contributed by atoms with Crippen LogP contribution >= 0.6 is 0 Å². The van der Waals surface area contributed by atoms with Crippen LogP contribution in [0.3, 0.4) is 0 Å². The minimum absolute atomic E-state index is 0.0796. The summed E-state index contributed by atoms with van der Waals surface area (Å²) in [6, 6.07) is 25.7. The van der Waals surface area contributed by atoms with Crippen molar-refractivity contribution < 1.29 is 13.2 Å². The average molecular weight is 478 g/mol. The van der Waals surface area contributed by atoms with E-state index in [0.717, 1.165) is 38.0 Å². The maximum Gasteiger partial charge on any atom is 0.251 e. The van der Waals surface area contributed by atoms with Crippen molar-refractivity contribution in [2.24, 2.45) is 0 Å². The van der Waals surface area contributed by atoms with E-state index in [1.54, 1.807) is 19.1 Å². The normalized spacial score (nSPS) is 16.1. The predicted molar refractivity (Wildman–Crippen MR) is 134 cm³/mol. The van der Waals surface area contributed by atoms with Crippen LogP contribution in [0.1, 0.15) is 47.3 Å². The molecule has 3 aromatic carbocycles. The molecule has 3 aromatic rings. The van der Waals surface area contributed by atoms with E-state index >= 15 is 0 Å². The van der Waals surface area contributed by atoms with Gasteiger partial charge in [-0.15, -0.1) is 0 Å². The smallest absolute Gasteiger partial charge is 0.251 e. The van der Waals surface area contributed by atoms with Crippen molar-refractivity contribution in [1.82, 2.24) is 14.9 Å². The van der Waals surface area contributed by atoms with Gasteiger partial charge < -0.3 is 5.32 Å². The van der Waals surface area contributed by atoms with Crippen molar-refractivity contribution in [1.29, 1.82) is 0 Å². The van der Waals surface area contributed by atoms with Gasteiger partial charge in [0.25, 0.3) is 5.91 Å². The second kappa shape index (κ2) is 11.0. The molecule has 6 nitrogen and oxygen atoms in total. The first-order chi connectivity index (χ1) is 16.4. The van der Waals surface area contributed by atoms with Crippen LogP contribution in [0.15, 0.2) is 89.8 Å².